The minimum Gasteiger partial charge on any atom is -0.390 e. The van der Waals surface area contributed by atoms with E-state index in [0.29, 0.717) is 6.54 Å². The normalized spacial score (nSPS) is 25.5. The number of rotatable bonds is 3. The lowest BCUT2D eigenvalue weighted by atomic mass is 10.1. The maximum Gasteiger partial charge on any atom is 0.160 e. The van der Waals surface area contributed by atoms with E-state index in [0.717, 1.165) is 67.6 Å². The van der Waals surface area contributed by atoms with Crippen LogP contribution in [0, 0.1) is 13.8 Å². The molecule has 0 unspecified atom stereocenters. The molecule has 2 aliphatic heterocycles. The standard InChI is InChI=1S/C19H30N6O/c1-5-15-10-18(25-19(20-15)13(2)14(3)21-25)24-11-16(17(26)12-24)23-8-6-22(4)7-9-23/h10,16-17,26H,5-9,11-12H2,1-4H3/t16-,17-/m1/s1. The molecule has 0 saturated carbocycles. The number of anilines is 1. The van der Waals surface area contributed by atoms with Crippen LogP contribution in [0.4, 0.5) is 5.82 Å². The van der Waals surface area contributed by atoms with Crippen molar-refractivity contribution in [2.75, 3.05) is 51.2 Å². The molecule has 0 bridgehead atoms. The van der Waals surface area contributed by atoms with Gasteiger partial charge in [0, 0.05) is 56.6 Å². The van der Waals surface area contributed by atoms with E-state index in [2.05, 4.69) is 41.7 Å². The van der Waals surface area contributed by atoms with Gasteiger partial charge in [0.05, 0.1) is 17.8 Å². The summed E-state index contributed by atoms with van der Waals surface area (Å²) in [5.74, 6) is 1.05. The minimum absolute atomic E-state index is 0.190. The lowest BCUT2D eigenvalue weighted by molar-refractivity contribution is 0.0512. The summed E-state index contributed by atoms with van der Waals surface area (Å²) in [6.07, 6.45) is 0.565. The Hall–Kier alpha value is -1.70. The van der Waals surface area contributed by atoms with E-state index in [1.54, 1.807) is 0 Å². The Kier molecular flexibility index (Phi) is 4.62. The van der Waals surface area contributed by atoms with Crippen molar-refractivity contribution >= 4 is 11.5 Å². The van der Waals surface area contributed by atoms with Gasteiger partial charge in [-0.15, -0.1) is 0 Å². The molecule has 2 aliphatic rings. The zero-order valence-electron chi connectivity index (χ0n) is 16.3. The average Bonchev–Trinajstić information content (AvgIpc) is 3.15. The second-order valence-electron chi connectivity index (χ2n) is 7.78. The van der Waals surface area contributed by atoms with Crippen LogP contribution in [0.2, 0.25) is 0 Å². The third-order valence-electron chi connectivity index (χ3n) is 6.04. The quantitative estimate of drug-likeness (QED) is 0.872. The molecule has 2 saturated heterocycles. The molecule has 4 rings (SSSR count). The Bertz CT molecular complexity index is 795. The summed E-state index contributed by atoms with van der Waals surface area (Å²) in [4.78, 5) is 11.9. The van der Waals surface area contributed by atoms with Crippen molar-refractivity contribution in [2.24, 2.45) is 0 Å². The molecule has 0 aliphatic carbocycles. The number of nitrogens with zero attached hydrogens (tertiary/aromatic N) is 6. The molecule has 0 amide bonds. The number of likely N-dealkylation sites (N-methyl/N-ethyl adjacent to an activating group) is 1. The Morgan fingerprint density at radius 3 is 2.58 bits per heavy atom. The van der Waals surface area contributed by atoms with E-state index in [9.17, 15) is 5.11 Å². The van der Waals surface area contributed by atoms with Crippen LogP contribution in [0.3, 0.4) is 0 Å². The molecule has 2 atom stereocenters. The number of β-amino-alcohol motifs (C(OH)–C–C–N with tert-alkyl or cyclic N) is 1. The van der Waals surface area contributed by atoms with Gasteiger partial charge in [0.25, 0.3) is 0 Å². The molecule has 0 aromatic carbocycles. The fourth-order valence-corrected chi connectivity index (χ4v) is 4.14. The number of aromatic nitrogens is 3. The van der Waals surface area contributed by atoms with Crippen LogP contribution < -0.4 is 4.90 Å². The summed E-state index contributed by atoms with van der Waals surface area (Å²) >= 11 is 0. The molecule has 7 heteroatoms. The van der Waals surface area contributed by atoms with Crippen LogP contribution in [0.1, 0.15) is 23.9 Å². The van der Waals surface area contributed by atoms with E-state index < -0.39 is 0 Å². The Balaban J connectivity index is 1.64. The zero-order chi connectivity index (χ0) is 18.4. The number of piperazine rings is 1. The molecule has 26 heavy (non-hydrogen) atoms. The molecule has 4 heterocycles. The molecule has 2 fully saturated rings. The first-order valence-corrected chi connectivity index (χ1v) is 9.69. The smallest absolute Gasteiger partial charge is 0.160 e. The van der Waals surface area contributed by atoms with Gasteiger partial charge in [0.15, 0.2) is 5.65 Å². The minimum atomic E-state index is -0.329. The predicted octanol–water partition coefficient (Wildman–Crippen LogP) is 0.705. The highest BCUT2D eigenvalue weighted by Gasteiger charge is 2.37. The molecule has 142 valence electrons. The monoisotopic (exact) mass is 358 g/mol. The van der Waals surface area contributed by atoms with Crippen LogP contribution in [0.15, 0.2) is 6.07 Å². The fourth-order valence-electron chi connectivity index (χ4n) is 4.14. The van der Waals surface area contributed by atoms with Gasteiger partial charge in [-0.05, 0) is 27.3 Å². The first-order valence-electron chi connectivity index (χ1n) is 9.69. The summed E-state index contributed by atoms with van der Waals surface area (Å²) < 4.78 is 1.96. The third kappa shape index (κ3) is 2.98. The summed E-state index contributed by atoms with van der Waals surface area (Å²) in [7, 11) is 2.16. The summed E-state index contributed by atoms with van der Waals surface area (Å²) in [5.41, 5.74) is 4.17. The fraction of sp³-hybridized carbons (Fsp3) is 0.684. The lowest BCUT2D eigenvalue weighted by Crippen LogP contribution is -2.52. The van der Waals surface area contributed by atoms with Crippen LogP contribution in [-0.2, 0) is 6.42 Å². The van der Waals surface area contributed by atoms with E-state index in [4.69, 9.17) is 10.1 Å². The molecular weight excluding hydrogens is 328 g/mol. The topological polar surface area (TPSA) is 60.1 Å². The van der Waals surface area contributed by atoms with E-state index >= 15 is 0 Å². The van der Waals surface area contributed by atoms with Gasteiger partial charge in [-0.2, -0.15) is 9.61 Å². The SMILES string of the molecule is CCc1cc(N2C[C@@H](O)[C@H](N3CCN(C)CC3)C2)n2nc(C)c(C)c2n1. The average molecular weight is 358 g/mol. The van der Waals surface area contributed by atoms with Gasteiger partial charge >= 0.3 is 0 Å². The number of hydrogen-bond donors (Lipinski definition) is 1. The Labute approximate surface area is 155 Å². The third-order valence-corrected chi connectivity index (χ3v) is 6.04. The molecular formula is C19H30N6O. The highest BCUT2D eigenvalue weighted by Crippen LogP contribution is 2.27. The summed E-state index contributed by atoms with van der Waals surface area (Å²) in [5, 5.41) is 15.5. The van der Waals surface area contributed by atoms with Crippen LogP contribution in [0.25, 0.3) is 5.65 Å². The number of aliphatic hydroxyl groups excluding tert-OH is 1. The predicted molar refractivity (Wildman–Crippen MR) is 103 cm³/mol. The van der Waals surface area contributed by atoms with Crippen LogP contribution in [0.5, 0.6) is 0 Å². The molecule has 0 spiro atoms. The van der Waals surface area contributed by atoms with E-state index in [1.165, 1.54) is 0 Å². The first kappa shape index (κ1) is 17.7. The second-order valence-corrected chi connectivity index (χ2v) is 7.78. The van der Waals surface area contributed by atoms with Gasteiger partial charge < -0.3 is 14.9 Å². The highest BCUT2D eigenvalue weighted by atomic mass is 16.3. The Morgan fingerprint density at radius 1 is 1.15 bits per heavy atom. The second kappa shape index (κ2) is 6.79. The number of fused-ring (bicyclic) bond motifs is 1. The first-order chi connectivity index (χ1) is 12.5. The summed E-state index contributed by atoms with van der Waals surface area (Å²) in [6, 6.07) is 2.33. The van der Waals surface area contributed by atoms with Crippen molar-refractivity contribution in [1.82, 2.24) is 24.4 Å². The van der Waals surface area contributed by atoms with Crippen molar-refractivity contribution in [1.29, 1.82) is 0 Å². The number of aliphatic hydroxyl groups is 1. The van der Waals surface area contributed by atoms with Crippen molar-refractivity contribution in [3.05, 3.63) is 23.0 Å². The van der Waals surface area contributed by atoms with Crippen molar-refractivity contribution in [3.63, 3.8) is 0 Å². The van der Waals surface area contributed by atoms with Gasteiger partial charge in [-0.3, -0.25) is 4.90 Å². The molecule has 1 N–H and O–H groups in total. The molecule has 7 nitrogen and oxygen atoms in total. The van der Waals surface area contributed by atoms with Crippen molar-refractivity contribution < 1.29 is 5.11 Å². The van der Waals surface area contributed by atoms with Crippen molar-refractivity contribution in [2.45, 2.75) is 39.3 Å². The maximum atomic E-state index is 10.8. The Morgan fingerprint density at radius 2 is 1.88 bits per heavy atom. The highest BCUT2D eigenvalue weighted by molar-refractivity contribution is 5.57. The number of aryl methyl sites for hydroxylation is 3. The van der Waals surface area contributed by atoms with Gasteiger partial charge in [-0.25, -0.2) is 4.98 Å². The van der Waals surface area contributed by atoms with Crippen molar-refractivity contribution in [3.8, 4) is 0 Å². The zero-order valence-corrected chi connectivity index (χ0v) is 16.3. The molecule has 2 aromatic rings. The maximum absolute atomic E-state index is 10.8. The number of hydrogen-bond acceptors (Lipinski definition) is 6. The molecule has 0 radical (unpaired) electrons. The van der Waals surface area contributed by atoms with E-state index in [-0.39, 0.29) is 12.1 Å². The van der Waals surface area contributed by atoms with Gasteiger partial charge in [0.2, 0.25) is 0 Å². The van der Waals surface area contributed by atoms with E-state index in [1.807, 2.05) is 11.4 Å². The van der Waals surface area contributed by atoms with Crippen LogP contribution in [-0.4, -0.2) is 88.0 Å². The van der Waals surface area contributed by atoms with Crippen LogP contribution >= 0.6 is 0 Å². The summed E-state index contributed by atoms with van der Waals surface area (Å²) in [6.45, 7) is 11.9. The largest absolute Gasteiger partial charge is 0.390 e. The van der Waals surface area contributed by atoms with Gasteiger partial charge in [-0.1, -0.05) is 6.92 Å². The molecule has 2 aromatic heterocycles. The lowest BCUT2D eigenvalue weighted by Gasteiger charge is -2.37. The van der Waals surface area contributed by atoms with Gasteiger partial charge in [0.1, 0.15) is 5.82 Å².